The van der Waals surface area contributed by atoms with E-state index in [1.165, 1.54) is 24.3 Å². The van der Waals surface area contributed by atoms with Gasteiger partial charge in [0.25, 0.3) is 0 Å². The molecule has 0 aliphatic carbocycles. The fraction of sp³-hybridized carbons (Fsp3) is 0.417. The lowest BCUT2D eigenvalue weighted by Gasteiger charge is -2.32. The van der Waals surface area contributed by atoms with E-state index in [1.807, 2.05) is 0 Å². The number of halogens is 1. The highest BCUT2D eigenvalue weighted by atomic mass is 35.5. The second-order valence-corrected chi connectivity index (χ2v) is 6.11. The molecule has 0 saturated carbocycles. The van der Waals surface area contributed by atoms with Gasteiger partial charge in [0.1, 0.15) is 0 Å². The van der Waals surface area contributed by atoms with Gasteiger partial charge in [0, 0.05) is 0 Å². The molecule has 5 nitrogen and oxygen atoms in total. The Labute approximate surface area is 118 Å². The Bertz CT molecular complexity index is 475. The van der Waals surface area contributed by atoms with Crippen LogP contribution in [0.2, 0.25) is 0 Å². The standard InChI is InChI=1S/C12H17O5P.ClH/c1-3-12(4-2,18(15,16)17)10-7-5-9(6-8-10)11(13)14;/h5-8H,3-4H2,1-2H3,(H,13,14)(H2,15,16,17);1H. The van der Waals surface area contributed by atoms with Gasteiger partial charge in [0.2, 0.25) is 0 Å². The molecule has 3 N–H and O–H groups in total. The van der Waals surface area contributed by atoms with Crippen LogP contribution in [0.5, 0.6) is 0 Å². The van der Waals surface area contributed by atoms with E-state index in [-0.39, 0.29) is 18.0 Å². The molecule has 1 aromatic carbocycles. The average molecular weight is 309 g/mol. The van der Waals surface area contributed by atoms with Gasteiger partial charge in [-0.1, -0.05) is 26.0 Å². The van der Waals surface area contributed by atoms with Crippen LogP contribution >= 0.6 is 20.0 Å². The molecule has 0 bridgehead atoms. The minimum Gasteiger partial charge on any atom is -0.478 e. The predicted molar refractivity (Wildman–Crippen MR) is 75.0 cm³/mol. The third-order valence-electron chi connectivity index (χ3n) is 3.40. The lowest BCUT2D eigenvalue weighted by molar-refractivity contribution is 0.0697. The molecule has 1 aromatic rings. The van der Waals surface area contributed by atoms with Gasteiger partial charge in [-0.15, -0.1) is 12.4 Å². The van der Waals surface area contributed by atoms with Crippen molar-refractivity contribution >= 4 is 26.0 Å². The fourth-order valence-corrected chi connectivity index (χ4v) is 3.47. The molecule has 19 heavy (non-hydrogen) atoms. The summed E-state index contributed by atoms with van der Waals surface area (Å²) in [6, 6.07) is 5.70. The summed E-state index contributed by atoms with van der Waals surface area (Å²) in [5.41, 5.74) is 0.580. The molecule has 0 fully saturated rings. The maximum Gasteiger partial charge on any atom is 0.335 e. The summed E-state index contributed by atoms with van der Waals surface area (Å²) < 4.78 is 11.7. The van der Waals surface area contributed by atoms with E-state index in [0.717, 1.165) is 0 Å². The van der Waals surface area contributed by atoms with Gasteiger partial charge in [-0.25, -0.2) is 4.79 Å². The number of carboxylic acids is 1. The topological polar surface area (TPSA) is 94.8 Å². The highest BCUT2D eigenvalue weighted by Crippen LogP contribution is 2.60. The first kappa shape index (κ1) is 18.1. The molecule has 0 aromatic heterocycles. The van der Waals surface area contributed by atoms with Crippen molar-refractivity contribution in [1.29, 1.82) is 0 Å². The number of benzene rings is 1. The second kappa shape index (κ2) is 6.53. The molecule has 0 heterocycles. The third kappa shape index (κ3) is 3.37. The molecule has 0 aliphatic rings. The van der Waals surface area contributed by atoms with Crippen LogP contribution in [-0.4, -0.2) is 20.9 Å². The van der Waals surface area contributed by atoms with Crippen molar-refractivity contribution < 1.29 is 24.3 Å². The van der Waals surface area contributed by atoms with E-state index in [1.54, 1.807) is 13.8 Å². The molecule has 0 radical (unpaired) electrons. The Morgan fingerprint density at radius 3 is 1.84 bits per heavy atom. The van der Waals surface area contributed by atoms with Gasteiger partial charge in [-0.2, -0.15) is 0 Å². The van der Waals surface area contributed by atoms with Crippen LogP contribution in [0.1, 0.15) is 42.6 Å². The van der Waals surface area contributed by atoms with E-state index in [2.05, 4.69) is 0 Å². The molecule has 0 aliphatic heterocycles. The van der Waals surface area contributed by atoms with Gasteiger partial charge in [0.15, 0.2) is 0 Å². The highest BCUT2D eigenvalue weighted by molar-refractivity contribution is 7.53. The van der Waals surface area contributed by atoms with Crippen LogP contribution in [-0.2, 0) is 9.72 Å². The third-order valence-corrected chi connectivity index (χ3v) is 5.40. The van der Waals surface area contributed by atoms with Crippen LogP contribution in [0.3, 0.4) is 0 Å². The SMILES string of the molecule is CCC(CC)(c1ccc(C(=O)O)cc1)P(=O)(O)O.Cl. The lowest BCUT2D eigenvalue weighted by Crippen LogP contribution is -2.24. The van der Waals surface area contributed by atoms with Crippen molar-refractivity contribution in [2.24, 2.45) is 0 Å². The van der Waals surface area contributed by atoms with Crippen LogP contribution in [0.4, 0.5) is 0 Å². The van der Waals surface area contributed by atoms with Crippen molar-refractivity contribution in [2.75, 3.05) is 0 Å². The molecular weight excluding hydrogens is 291 g/mol. The van der Waals surface area contributed by atoms with E-state index in [0.29, 0.717) is 18.4 Å². The van der Waals surface area contributed by atoms with Crippen LogP contribution in [0.15, 0.2) is 24.3 Å². The molecular formula is C12H18ClO5P. The number of rotatable bonds is 5. The minimum absolute atomic E-state index is 0. The summed E-state index contributed by atoms with van der Waals surface area (Å²) in [5, 5.41) is 7.57. The van der Waals surface area contributed by atoms with E-state index in [4.69, 9.17) is 5.11 Å². The monoisotopic (exact) mass is 308 g/mol. The largest absolute Gasteiger partial charge is 0.478 e. The first-order valence-corrected chi connectivity index (χ1v) is 7.29. The molecule has 0 spiro atoms. The molecule has 7 heteroatoms. The van der Waals surface area contributed by atoms with Gasteiger partial charge >= 0.3 is 13.6 Å². The molecule has 1 rings (SSSR count). The van der Waals surface area contributed by atoms with Crippen LogP contribution < -0.4 is 0 Å². The zero-order valence-electron chi connectivity index (χ0n) is 10.7. The highest BCUT2D eigenvalue weighted by Gasteiger charge is 2.45. The predicted octanol–water partition coefficient (Wildman–Crippen LogP) is 3.00. The lowest BCUT2D eigenvalue weighted by atomic mass is 9.92. The van der Waals surface area contributed by atoms with Crippen LogP contribution in [0.25, 0.3) is 0 Å². The Morgan fingerprint density at radius 2 is 1.58 bits per heavy atom. The van der Waals surface area contributed by atoms with Crippen molar-refractivity contribution in [3.05, 3.63) is 35.4 Å². The Morgan fingerprint density at radius 1 is 1.16 bits per heavy atom. The van der Waals surface area contributed by atoms with E-state index < -0.39 is 18.7 Å². The summed E-state index contributed by atoms with van der Waals surface area (Å²) in [6.45, 7) is 3.43. The average Bonchev–Trinajstić information content (AvgIpc) is 2.30. The summed E-state index contributed by atoms with van der Waals surface area (Å²) in [6.07, 6.45) is 0.584. The maximum atomic E-state index is 11.7. The maximum absolute atomic E-state index is 11.7. The van der Waals surface area contributed by atoms with Crippen LogP contribution in [0, 0.1) is 0 Å². The number of hydrogen-bond donors (Lipinski definition) is 3. The molecule has 0 saturated heterocycles. The smallest absolute Gasteiger partial charge is 0.335 e. The number of carboxylic acid groups (broad SMARTS) is 1. The molecule has 108 valence electrons. The van der Waals surface area contributed by atoms with Gasteiger partial charge in [-0.3, -0.25) is 4.57 Å². The van der Waals surface area contributed by atoms with Crippen molar-refractivity contribution in [2.45, 2.75) is 31.8 Å². The zero-order valence-corrected chi connectivity index (χ0v) is 12.4. The summed E-state index contributed by atoms with van der Waals surface area (Å²) in [4.78, 5) is 29.9. The minimum atomic E-state index is -4.32. The summed E-state index contributed by atoms with van der Waals surface area (Å²) in [5.74, 6) is -1.06. The van der Waals surface area contributed by atoms with E-state index in [9.17, 15) is 19.1 Å². The van der Waals surface area contributed by atoms with Gasteiger partial charge < -0.3 is 14.9 Å². The fourth-order valence-electron chi connectivity index (χ4n) is 2.16. The Balaban J connectivity index is 0.00000324. The first-order valence-electron chi connectivity index (χ1n) is 5.68. The van der Waals surface area contributed by atoms with Crippen molar-refractivity contribution in [3.63, 3.8) is 0 Å². The Kier molecular flexibility index (Phi) is 6.23. The van der Waals surface area contributed by atoms with Crippen molar-refractivity contribution in [1.82, 2.24) is 0 Å². The first-order chi connectivity index (χ1) is 8.28. The molecule has 0 atom stereocenters. The number of hydrogen-bond acceptors (Lipinski definition) is 2. The quantitative estimate of drug-likeness (QED) is 0.727. The van der Waals surface area contributed by atoms with Crippen molar-refractivity contribution in [3.8, 4) is 0 Å². The summed E-state index contributed by atoms with van der Waals surface area (Å²) in [7, 11) is -4.32. The number of carbonyl (C=O) groups is 1. The molecule has 0 unspecified atom stereocenters. The molecule has 0 amide bonds. The Hall–Kier alpha value is -0.870. The second-order valence-electron chi connectivity index (χ2n) is 4.17. The zero-order chi connectivity index (χ0) is 14.0. The van der Waals surface area contributed by atoms with E-state index >= 15 is 0 Å². The van der Waals surface area contributed by atoms with Gasteiger partial charge in [-0.05, 0) is 30.5 Å². The summed E-state index contributed by atoms with van der Waals surface area (Å²) >= 11 is 0. The normalized spacial score (nSPS) is 11.8. The number of aromatic carboxylic acids is 1. The van der Waals surface area contributed by atoms with Gasteiger partial charge in [0.05, 0.1) is 10.7 Å².